The summed E-state index contributed by atoms with van der Waals surface area (Å²) in [7, 11) is 1.59. The third-order valence-corrected chi connectivity index (χ3v) is 6.34. The Morgan fingerprint density at radius 3 is 2.38 bits per heavy atom. The lowest BCUT2D eigenvalue weighted by Crippen LogP contribution is -2.17. The van der Waals surface area contributed by atoms with Gasteiger partial charge in [0.1, 0.15) is 11.5 Å². The molecule has 0 aliphatic carbocycles. The number of nitrogens with zero attached hydrogens (tertiary/aromatic N) is 3. The first-order chi connectivity index (χ1) is 16.2. The van der Waals surface area contributed by atoms with Crippen LogP contribution in [-0.2, 0) is 4.79 Å². The number of hydrogen-bond acceptors (Lipinski definition) is 6. The van der Waals surface area contributed by atoms with Crippen LogP contribution in [0.25, 0.3) is 0 Å². The molecule has 0 saturated heterocycles. The largest absolute Gasteiger partial charge is 0.495 e. The molecular formula is C26H34N4O3S. The van der Waals surface area contributed by atoms with Crippen molar-refractivity contribution >= 4 is 23.4 Å². The van der Waals surface area contributed by atoms with E-state index in [0.29, 0.717) is 22.5 Å². The molecule has 0 spiro atoms. The minimum atomic E-state index is -0.292. The van der Waals surface area contributed by atoms with Gasteiger partial charge in [0, 0.05) is 6.04 Å². The second-order valence-corrected chi connectivity index (χ2v) is 9.77. The van der Waals surface area contributed by atoms with Gasteiger partial charge in [0.25, 0.3) is 0 Å². The molecule has 34 heavy (non-hydrogen) atoms. The van der Waals surface area contributed by atoms with Crippen LogP contribution in [0.3, 0.4) is 0 Å². The van der Waals surface area contributed by atoms with Crippen LogP contribution in [0.15, 0.2) is 47.6 Å². The molecule has 0 aliphatic rings. The van der Waals surface area contributed by atoms with Gasteiger partial charge in [-0.1, -0.05) is 43.8 Å². The Hall–Kier alpha value is -3.00. The van der Waals surface area contributed by atoms with Crippen LogP contribution in [0.2, 0.25) is 0 Å². The lowest BCUT2D eigenvalue weighted by Gasteiger charge is -2.19. The molecule has 0 bridgehead atoms. The number of amides is 1. The Morgan fingerprint density at radius 1 is 1.06 bits per heavy atom. The highest BCUT2D eigenvalue weighted by molar-refractivity contribution is 7.99. The molecule has 0 radical (unpaired) electrons. The second-order valence-electron chi connectivity index (χ2n) is 8.83. The van der Waals surface area contributed by atoms with E-state index in [1.807, 2.05) is 48.7 Å². The van der Waals surface area contributed by atoms with Gasteiger partial charge in [-0.3, -0.25) is 4.79 Å². The molecule has 1 unspecified atom stereocenters. The Kier molecular flexibility index (Phi) is 8.61. The van der Waals surface area contributed by atoms with Crippen LogP contribution in [0.1, 0.15) is 69.6 Å². The molecule has 1 N–H and O–H groups in total. The maximum atomic E-state index is 12.6. The van der Waals surface area contributed by atoms with E-state index in [-0.39, 0.29) is 23.8 Å². The summed E-state index contributed by atoms with van der Waals surface area (Å²) in [4.78, 5) is 12.6. The minimum absolute atomic E-state index is 0.113. The molecule has 1 amide bonds. The predicted molar refractivity (Wildman–Crippen MR) is 137 cm³/mol. The van der Waals surface area contributed by atoms with Gasteiger partial charge in [-0.25, -0.2) is 0 Å². The number of anilines is 1. The number of ether oxygens (including phenoxy) is 2. The predicted octanol–water partition coefficient (Wildman–Crippen LogP) is 6.17. The minimum Gasteiger partial charge on any atom is -0.495 e. The van der Waals surface area contributed by atoms with Crippen molar-refractivity contribution in [2.75, 3.05) is 18.2 Å². The number of thioether (sulfide) groups is 1. The van der Waals surface area contributed by atoms with Crippen LogP contribution >= 0.6 is 11.8 Å². The van der Waals surface area contributed by atoms with Gasteiger partial charge in [0.15, 0.2) is 17.1 Å². The van der Waals surface area contributed by atoms with Gasteiger partial charge in [-0.15, -0.1) is 10.2 Å². The highest BCUT2D eigenvalue weighted by Gasteiger charge is 2.22. The van der Waals surface area contributed by atoms with E-state index in [1.165, 1.54) is 17.3 Å². The van der Waals surface area contributed by atoms with Crippen LogP contribution in [0.5, 0.6) is 11.5 Å². The topological polar surface area (TPSA) is 78.3 Å². The van der Waals surface area contributed by atoms with Gasteiger partial charge in [0.2, 0.25) is 5.91 Å². The number of methoxy groups -OCH3 is 1. The van der Waals surface area contributed by atoms with E-state index >= 15 is 0 Å². The number of hydrogen-bond donors (Lipinski definition) is 1. The van der Waals surface area contributed by atoms with Crippen LogP contribution in [-0.4, -0.2) is 33.5 Å². The summed E-state index contributed by atoms with van der Waals surface area (Å²) in [6, 6.07) is 13.9. The summed E-state index contributed by atoms with van der Waals surface area (Å²) in [6.07, 6.45) is -0.292. The smallest absolute Gasteiger partial charge is 0.234 e. The quantitative estimate of drug-likeness (QED) is 0.348. The van der Waals surface area contributed by atoms with E-state index in [2.05, 4.69) is 55.3 Å². The van der Waals surface area contributed by atoms with Crippen LogP contribution < -0.4 is 14.8 Å². The maximum Gasteiger partial charge on any atom is 0.234 e. The van der Waals surface area contributed by atoms with E-state index < -0.39 is 0 Å². The normalized spacial score (nSPS) is 12.1. The van der Waals surface area contributed by atoms with Crippen LogP contribution in [0, 0.1) is 6.92 Å². The third kappa shape index (κ3) is 6.32. The van der Waals surface area contributed by atoms with Crippen LogP contribution in [0.4, 0.5) is 5.69 Å². The molecular weight excluding hydrogens is 448 g/mol. The summed E-state index contributed by atoms with van der Waals surface area (Å²) in [5.41, 5.74) is 2.97. The standard InChI is InChI=1S/C26H34N4O3S/c1-16(2)20-9-11-21(12-10-20)33-19(6)25-28-29-26(30(25)17(3)4)34-15-24(31)27-22-14-18(5)8-13-23(22)32-7/h8-14,16-17,19H,15H2,1-7H3,(H,27,31). The van der Waals surface area contributed by atoms with Gasteiger partial charge in [-0.2, -0.15) is 0 Å². The zero-order chi connectivity index (χ0) is 24.8. The summed E-state index contributed by atoms with van der Waals surface area (Å²) in [5, 5.41) is 12.4. The Morgan fingerprint density at radius 2 is 1.76 bits per heavy atom. The SMILES string of the molecule is COc1ccc(C)cc1NC(=O)CSc1nnc(C(C)Oc2ccc(C(C)C)cc2)n1C(C)C. The molecule has 7 nitrogen and oxygen atoms in total. The first-order valence-corrected chi connectivity index (χ1v) is 12.5. The van der Waals surface area contributed by atoms with Crippen molar-refractivity contribution in [3.63, 3.8) is 0 Å². The van der Waals surface area contributed by atoms with Crippen molar-refractivity contribution < 1.29 is 14.3 Å². The third-order valence-electron chi connectivity index (χ3n) is 5.39. The van der Waals surface area contributed by atoms with Gasteiger partial charge in [-0.05, 0) is 69.0 Å². The number of carbonyl (C=O) groups is 1. The fourth-order valence-corrected chi connectivity index (χ4v) is 4.45. The highest BCUT2D eigenvalue weighted by atomic mass is 32.2. The molecule has 1 atom stereocenters. The molecule has 8 heteroatoms. The van der Waals surface area contributed by atoms with Crippen molar-refractivity contribution in [1.29, 1.82) is 0 Å². The Bertz CT molecular complexity index is 1110. The molecule has 182 valence electrons. The summed E-state index contributed by atoms with van der Waals surface area (Å²) < 4.78 is 13.5. The number of rotatable bonds is 10. The monoisotopic (exact) mass is 482 g/mol. The zero-order valence-corrected chi connectivity index (χ0v) is 21.8. The first kappa shape index (κ1) is 25.6. The summed E-state index contributed by atoms with van der Waals surface area (Å²) in [6.45, 7) is 12.4. The highest BCUT2D eigenvalue weighted by Crippen LogP contribution is 2.29. The van der Waals surface area contributed by atoms with Gasteiger partial charge >= 0.3 is 0 Å². The van der Waals surface area contributed by atoms with E-state index in [9.17, 15) is 4.79 Å². The molecule has 1 heterocycles. The summed E-state index contributed by atoms with van der Waals surface area (Å²) >= 11 is 1.35. The van der Waals surface area contributed by atoms with E-state index in [4.69, 9.17) is 9.47 Å². The molecule has 2 aromatic carbocycles. The number of nitrogens with one attached hydrogen (secondary N) is 1. The summed E-state index contributed by atoms with van der Waals surface area (Å²) in [5.74, 6) is 2.68. The van der Waals surface area contributed by atoms with Crippen molar-refractivity contribution in [2.45, 2.75) is 64.8 Å². The molecule has 3 rings (SSSR count). The van der Waals surface area contributed by atoms with E-state index in [1.54, 1.807) is 7.11 Å². The van der Waals surface area contributed by atoms with E-state index in [0.717, 1.165) is 17.1 Å². The zero-order valence-electron chi connectivity index (χ0n) is 21.0. The van der Waals surface area contributed by atoms with Crippen molar-refractivity contribution in [1.82, 2.24) is 14.8 Å². The average Bonchev–Trinajstić information content (AvgIpc) is 3.23. The average molecular weight is 483 g/mol. The fraction of sp³-hybridized carbons (Fsp3) is 0.423. The first-order valence-electron chi connectivity index (χ1n) is 11.5. The Labute approximate surface area is 206 Å². The molecule has 0 aliphatic heterocycles. The molecule has 3 aromatic rings. The molecule has 0 saturated carbocycles. The number of aryl methyl sites for hydroxylation is 1. The van der Waals surface area contributed by atoms with Crippen molar-refractivity contribution in [3.05, 3.63) is 59.4 Å². The molecule has 0 fully saturated rings. The van der Waals surface area contributed by atoms with Crippen molar-refractivity contribution in [3.8, 4) is 11.5 Å². The van der Waals surface area contributed by atoms with Crippen molar-refractivity contribution in [2.24, 2.45) is 0 Å². The number of aromatic nitrogens is 3. The van der Waals surface area contributed by atoms with Gasteiger partial charge in [0.05, 0.1) is 18.6 Å². The Balaban J connectivity index is 1.68. The van der Waals surface area contributed by atoms with Gasteiger partial charge < -0.3 is 19.4 Å². The number of carbonyl (C=O) groups excluding carboxylic acids is 1. The lowest BCUT2D eigenvalue weighted by molar-refractivity contribution is -0.113. The fourth-order valence-electron chi connectivity index (χ4n) is 3.57. The molecule has 1 aromatic heterocycles. The maximum absolute atomic E-state index is 12.6. The second kappa shape index (κ2) is 11.4. The number of benzene rings is 2. The lowest BCUT2D eigenvalue weighted by atomic mass is 10.0.